The SMILES string of the molecule is CCOC(=O)CCCCCOc1ccccc1CN(C(=O)c1ccc(-c2ccco2)nc1)C(C)C. The van der Waals surface area contributed by atoms with Crippen LogP contribution in [0.2, 0.25) is 0 Å². The molecule has 0 N–H and O–H groups in total. The molecule has 0 unspecified atom stereocenters. The van der Waals surface area contributed by atoms with Crippen LogP contribution in [0.1, 0.15) is 62.4 Å². The Labute approximate surface area is 207 Å². The van der Waals surface area contributed by atoms with Gasteiger partial charge in [0, 0.05) is 30.8 Å². The van der Waals surface area contributed by atoms with Crippen molar-refractivity contribution >= 4 is 11.9 Å². The largest absolute Gasteiger partial charge is 0.493 e. The first-order chi connectivity index (χ1) is 17.0. The van der Waals surface area contributed by atoms with Gasteiger partial charge < -0.3 is 18.8 Å². The number of hydrogen-bond donors (Lipinski definition) is 0. The van der Waals surface area contributed by atoms with E-state index in [1.54, 1.807) is 30.7 Å². The number of carbonyl (C=O) groups is 2. The van der Waals surface area contributed by atoms with E-state index in [2.05, 4.69) is 4.98 Å². The molecule has 0 spiro atoms. The normalized spacial score (nSPS) is 10.9. The van der Waals surface area contributed by atoms with Gasteiger partial charge in [0.25, 0.3) is 5.91 Å². The van der Waals surface area contributed by atoms with E-state index in [-0.39, 0.29) is 17.9 Å². The zero-order valence-electron chi connectivity index (χ0n) is 20.7. The second-order valence-corrected chi connectivity index (χ2v) is 8.51. The molecule has 7 heteroatoms. The number of aromatic nitrogens is 1. The standard InChI is InChI=1S/C28H34N2O5/c1-4-33-27(31)14-6-5-9-17-34-25-12-8-7-11-23(25)20-30(21(2)3)28(32)22-15-16-24(29-19-22)26-13-10-18-35-26/h7-8,10-13,15-16,18-19,21H,4-6,9,14,17,20H2,1-3H3. The number of para-hydroxylation sites is 1. The van der Waals surface area contributed by atoms with Crippen molar-refractivity contribution in [1.82, 2.24) is 9.88 Å². The molecule has 0 aliphatic heterocycles. The topological polar surface area (TPSA) is 81.9 Å². The van der Waals surface area contributed by atoms with Gasteiger partial charge in [-0.1, -0.05) is 18.2 Å². The molecule has 1 amide bonds. The van der Waals surface area contributed by atoms with Gasteiger partial charge in [-0.2, -0.15) is 0 Å². The third-order valence-electron chi connectivity index (χ3n) is 5.57. The Bertz CT molecular complexity index is 1060. The van der Waals surface area contributed by atoms with Crippen LogP contribution in [-0.2, 0) is 16.1 Å². The molecule has 0 radical (unpaired) electrons. The predicted molar refractivity (Wildman–Crippen MR) is 134 cm³/mol. The molecule has 3 aromatic rings. The van der Waals surface area contributed by atoms with Crippen molar-refractivity contribution < 1.29 is 23.5 Å². The van der Waals surface area contributed by atoms with E-state index in [4.69, 9.17) is 13.9 Å². The molecule has 3 rings (SSSR count). The number of benzene rings is 1. The molecular formula is C28H34N2O5. The average molecular weight is 479 g/mol. The Morgan fingerprint density at radius 3 is 2.54 bits per heavy atom. The molecule has 186 valence electrons. The number of pyridine rings is 1. The van der Waals surface area contributed by atoms with E-state index in [1.165, 1.54) is 0 Å². The quantitative estimate of drug-likeness (QED) is 0.225. The lowest BCUT2D eigenvalue weighted by molar-refractivity contribution is -0.143. The number of carbonyl (C=O) groups excluding carboxylic acids is 2. The fraction of sp³-hybridized carbons (Fsp3) is 0.393. The lowest BCUT2D eigenvalue weighted by Gasteiger charge is -2.28. The van der Waals surface area contributed by atoms with E-state index in [9.17, 15) is 9.59 Å². The van der Waals surface area contributed by atoms with Gasteiger partial charge in [-0.15, -0.1) is 0 Å². The third-order valence-corrected chi connectivity index (χ3v) is 5.57. The Morgan fingerprint density at radius 1 is 1.03 bits per heavy atom. The van der Waals surface area contributed by atoms with Crippen LogP contribution in [0.15, 0.2) is 65.4 Å². The maximum atomic E-state index is 13.3. The number of rotatable bonds is 13. The van der Waals surface area contributed by atoms with E-state index >= 15 is 0 Å². The van der Waals surface area contributed by atoms with Gasteiger partial charge in [0.15, 0.2) is 5.76 Å². The van der Waals surface area contributed by atoms with Gasteiger partial charge in [-0.25, -0.2) is 0 Å². The van der Waals surface area contributed by atoms with E-state index in [1.807, 2.05) is 56.0 Å². The number of amides is 1. The Balaban J connectivity index is 1.59. The number of nitrogens with zero attached hydrogens (tertiary/aromatic N) is 2. The predicted octanol–water partition coefficient (Wildman–Crippen LogP) is 5.89. The zero-order chi connectivity index (χ0) is 25.0. The summed E-state index contributed by atoms with van der Waals surface area (Å²) in [7, 11) is 0. The minimum atomic E-state index is -0.150. The molecule has 2 aromatic heterocycles. The van der Waals surface area contributed by atoms with Crippen LogP contribution in [-0.4, -0.2) is 41.0 Å². The molecule has 0 bridgehead atoms. The van der Waals surface area contributed by atoms with Crippen molar-refractivity contribution in [2.24, 2.45) is 0 Å². The molecule has 35 heavy (non-hydrogen) atoms. The van der Waals surface area contributed by atoms with Gasteiger partial charge in [-0.3, -0.25) is 14.6 Å². The summed E-state index contributed by atoms with van der Waals surface area (Å²) in [6.07, 6.45) is 6.14. The monoisotopic (exact) mass is 478 g/mol. The summed E-state index contributed by atoms with van der Waals surface area (Å²) < 4.78 is 16.4. The lowest BCUT2D eigenvalue weighted by Crippen LogP contribution is -2.36. The first kappa shape index (κ1) is 26.0. The molecule has 0 atom stereocenters. The fourth-order valence-electron chi connectivity index (χ4n) is 3.67. The first-order valence-corrected chi connectivity index (χ1v) is 12.2. The summed E-state index contributed by atoms with van der Waals surface area (Å²) in [5.41, 5.74) is 2.15. The van der Waals surface area contributed by atoms with Gasteiger partial charge in [0.05, 0.1) is 25.0 Å². The molecule has 0 saturated heterocycles. The first-order valence-electron chi connectivity index (χ1n) is 12.2. The number of furan rings is 1. The highest BCUT2D eigenvalue weighted by Gasteiger charge is 2.21. The van der Waals surface area contributed by atoms with Crippen LogP contribution in [0.5, 0.6) is 5.75 Å². The second-order valence-electron chi connectivity index (χ2n) is 8.51. The van der Waals surface area contributed by atoms with Crippen LogP contribution in [0.3, 0.4) is 0 Å². The second kappa shape index (κ2) is 13.3. The van der Waals surface area contributed by atoms with Crippen LogP contribution in [0.4, 0.5) is 0 Å². The zero-order valence-corrected chi connectivity index (χ0v) is 20.7. The number of hydrogen-bond acceptors (Lipinski definition) is 6. The molecule has 0 aliphatic carbocycles. The summed E-state index contributed by atoms with van der Waals surface area (Å²) in [6.45, 7) is 7.20. The third kappa shape index (κ3) is 7.70. The lowest BCUT2D eigenvalue weighted by atomic mass is 10.1. The molecule has 0 aliphatic rings. The Morgan fingerprint density at radius 2 is 1.86 bits per heavy atom. The molecular weight excluding hydrogens is 444 g/mol. The van der Waals surface area contributed by atoms with Crippen molar-refractivity contribution in [1.29, 1.82) is 0 Å². The van der Waals surface area contributed by atoms with E-state index in [0.29, 0.717) is 43.2 Å². The van der Waals surface area contributed by atoms with Gasteiger partial charge in [0.1, 0.15) is 11.4 Å². The Kier molecular flexibility index (Phi) is 9.90. The molecule has 1 aromatic carbocycles. The average Bonchev–Trinajstić information content (AvgIpc) is 3.40. The summed E-state index contributed by atoms with van der Waals surface area (Å²) in [6, 6.07) is 15.0. The highest BCUT2D eigenvalue weighted by molar-refractivity contribution is 5.94. The molecule has 7 nitrogen and oxygen atoms in total. The van der Waals surface area contributed by atoms with Gasteiger partial charge in [-0.05, 0) is 70.4 Å². The van der Waals surface area contributed by atoms with Crippen LogP contribution in [0.25, 0.3) is 11.5 Å². The summed E-state index contributed by atoms with van der Waals surface area (Å²) in [4.78, 5) is 31.0. The van der Waals surface area contributed by atoms with Crippen molar-refractivity contribution in [3.63, 3.8) is 0 Å². The summed E-state index contributed by atoms with van der Waals surface area (Å²) >= 11 is 0. The fourth-order valence-corrected chi connectivity index (χ4v) is 3.67. The summed E-state index contributed by atoms with van der Waals surface area (Å²) in [5, 5.41) is 0. The van der Waals surface area contributed by atoms with E-state index in [0.717, 1.165) is 30.6 Å². The molecule has 0 saturated carbocycles. The summed E-state index contributed by atoms with van der Waals surface area (Å²) in [5.74, 6) is 1.19. The van der Waals surface area contributed by atoms with Crippen molar-refractivity contribution in [3.8, 4) is 17.2 Å². The van der Waals surface area contributed by atoms with Gasteiger partial charge in [0.2, 0.25) is 0 Å². The van der Waals surface area contributed by atoms with Crippen LogP contribution >= 0.6 is 0 Å². The maximum absolute atomic E-state index is 13.3. The molecule has 2 heterocycles. The number of esters is 1. The van der Waals surface area contributed by atoms with Crippen molar-refractivity contribution in [3.05, 3.63) is 72.1 Å². The van der Waals surface area contributed by atoms with Crippen molar-refractivity contribution in [2.45, 2.75) is 59.0 Å². The van der Waals surface area contributed by atoms with Crippen LogP contribution < -0.4 is 4.74 Å². The highest BCUT2D eigenvalue weighted by Crippen LogP contribution is 2.23. The van der Waals surface area contributed by atoms with Crippen molar-refractivity contribution in [2.75, 3.05) is 13.2 Å². The van der Waals surface area contributed by atoms with E-state index < -0.39 is 0 Å². The minimum Gasteiger partial charge on any atom is -0.493 e. The maximum Gasteiger partial charge on any atom is 0.305 e. The minimum absolute atomic E-state index is 0.0109. The molecule has 0 fully saturated rings. The van der Waals surface area contributed by atoms with Gasteiger partial charge >= 0.3 is 5.97 Å². The Hall–Kier alpha value is -3.61. The smallest absolute Gasteiger partial charge is 0.305 e. The van der Waals surface area contributed by atoms with Crippen LogP contribution in [0, 0.1) is 0 Å². The number of unbranched alkanes of at least 4 members (excludes halogenated alkanes) is 2. The number of ether oxygens (including phenoxy) is 2. The highest BCUT2D eigenvalue weighted by atomic mass is 16.5.